The van der Waals surface area contributed by atoms with Gasteiger partial charge in [0.15, 0.2) is 0 Å². The standard InChI is InChI=1S/C10H17N3O2/c1-15-10(14)3-2-4-11-5-7-13-8-6-12-9-13/h6,8-9,11H,2-5,7H2,1H3. The SMILES string of the molecule is COC(=O)CCCNCCn1ccnc1. The zero-order chi connectivity index (χ0) is 10.9. The van der Waals surface area contributed by atoms with E-state index in [2.05, 4.69) is 15.0 Å². The van der Waals surface area contributed by atoms with Gasteiger partial charge in [-0.2, -0.15) is 0 Å². The van der Waals surface area contributed by atoms with Crippen molar-refractivity contribution in [2.24, 2.45) is 0 Å². The molecule has 0 saturated heterocycles. The largest absolute Gasteiger partial charge is 0.469 e. The molecule has 1 heterocycles. The van der Waals surface area contributed by atoms with E-state index in [-0.39, 0.29) is 5.97 Å². The summed E-state index contributed by atoms with van der Waals surface area (Å²) in [5.74, 6) is -0.147. The summed E-state index contributed by atoms with van der Waals surface area (Å²) in [7, 11) is 1.41. The van der Waals surface area contributed by atoms with E-state index in [0.29, 0.717) is 6.42 Å². The number of methoxy groups -OCH3 is 1. The highest BCUT2D eigenvalue weighted by Crippen LogP contribution is 1.89. The van der Waals surface area contributed by atoms with E-state index in [1.807, 2.05) is 10.8 Å². The number of rotatable bonds is 7. The van der Waals surface area contributed by atoms with Crippen LogP contribution in [-0.2, 0) is 16.1 Å². The highest BCUT2D eigenvalue weighted by molar-refractivity contribution is 5.68. The topological polar surface area (TPSA) is 56.1 Å². The number of carbonyl (C=O) groups excluding carboxylic acids is 1. The Hall–Kier alpha value is -1.36. The smallest absolute Gasteiger partial charge is 0.305 e. The van der Waals surface area contributed by atoms with Gasteiger partial charge >= 0.3 is 5.97 Å². The average molecular weight is 211 g/mol. The maximum absolute atomic E-state index is 10.8. The van der Waals surface area contributed by atoms with E-state index in [0.717, 1.165) is 26.1 Å². The van der Waals surface area contributed by atoms with Crippen molar-refractivity contribution in [3.63, 3.8) is 0 Å². The summed E-state index contributed by atoms with van der Waals surface area (Å²) in [5.41, 5.74) is 0. The van der Waals surface area contributed by atoms with Crippen LogP contribution < -0.4 is 5.32 Å². The third-order valence-electron chi connectivity index (χ3n) is 2.07. The fourth-order valence-corrected chi connectivity index (χ4v) is 1.21. The number of esters is 1. The molecule has 1 aromatic heterocycles. The van der Waals surface area contributed by atoms with Crippen LogP contribution in [0.2, 0.25) is 0 Å². The Morgan fingerprint density at radius 2 is 2.40 bits per heavy atom. The van der Waals surface area contributed by atoms with E-state index in [4.69, 9.17) is 0 Å². The van der Waals surface area contributed by atoms with Crippen molar-refractivity contribution in [1.29, 1.82) is 0 Å². The first-order valence-electron chi connectivity index (χ1n) is 5.06. The number of carbonyl (C=O) groups is 1. The maximum atomic E-state index is 10.8. The summed E-state index contributed by atoms with van der Waals surface area (Å²) in [5, 5.41) is 3.25. The van der Waals surface area contributed by atoms with E-state index in [9.17, 15) is 4.79 Å². The molecule has 0 aliphatic carbocycles. The quantitative estimate of drug-likeness (QED) is 0.525. The molecule has 0 fully saturated rings. The first kappa shape index (κ1) is 11.7. The first-order valence-corrected chi connectivity index (χ1v) is 5.06. The number of hydrogen-bond donors (Lipinski definition) is 1. The summed E-state index contributed by atoms with van der Waals surface area (Å²) in [6, 6.07) is 0. The monoisotopic (exact) mass is 211 g/mol. The van der Waals surface area contributed by atoms with Gasteiger partial charge in [-0.25, -0.2) is 4.98 Å². The Balaban J connectivity index is 1.91. The molecule has 1 rings (SSSR count). The first-order chi connectivity index (χ1) is 7.33. The Morgan fingerprint density at radius 1 is 1.53 bits per heavy atom. The molecule has 5 heteroatoms. The van der Waals surface area contributed by atoms with Crippen molar-refractivity contribution in [2.45, 2.75) is 19.4 Å². The van der Waals surface area contributed by atoms with Crippen molar-refractivity contribution in [2.75, 3.05) is 20.2 Å². The summed E-state index contributed by atoms with van der Waals surface area (Å²) >= 11 is 0. The highest BCUT2D eigenvalue weighted by atomic mass is 16.5. The van der Waals surface area contributed by atoms with Crippen molar-refractivity contribution >= 4 is 5.97 Å². The van der Waals surface area contributed by atoms with E-state index >= 15 is 0 Å². The van der Waals surface area contributed by atoms with E-state index in [1.165, 1.54) is 7.11 Å². The Kier molecular flexibility index (Phi) is 5.47. The second-order valence-electron chi connectivity index (χ2n) is 3.23. The number of ether oxygens (including phenoxy) is 1. The molecule has 0 unspecified atom stereocenters. The molecule has 15 heavy (non-hydrogen) atoms. The molecule has 0 radical (unpaired) electrons. The molecule has 1 N–H and O–H groups in total. The fourth-order valence-electron chi connectivity index (χ4n) is 1.21. The van der Waals surface area contributed by atoms with Gasteiger partial charge in [0.05, 0.1) is 13.4 Å². The lowest BCUT2D eigenvalue weighted by Crippen LogP contribution is -2.21. The number of nitrogens with one attached hydrogen (secondary N) is 1. The molecule has 0 aliphatic rings. The zero-order valence-electron chi connectivity index (χ0n) is 8.98. The van der Waals surface area contributed by atoms with Crippen LogP contribution >= 0.6 is 0 Å². The van der Waals surface area contributed by atoms with E-state index < -0.39 is 0 Å². The van der Waals surface area contributed by atoms with Gasteiger partial charge in [0.1, 0.15) is 0 Å². The van der Waals surface area contributed by atoms with Crippen LogP contribution in [0.5, 0.6) is 0 Å². The van der Waals surface area contributed by atoms with Crippen molar-refractivity contribution in [3.8, 4) is 0 Å². The predicted octanol–water partition coefficient (Wildman–Crippen LogP) is 0.426. The van der Waals surface area contributed by atoms with Crippen molar-refractivity contribution in [1.82, 2.24) is 14.9 Å². The second kappa shape index (κ2) is 7.00. The van der Waals surface area contributed by atoms with Gasteiger partial charge < -0.3 is 14.6 Å². The molecule has 0 bridgehead atoms. The molecule has 0 saturated carbocycles. The normalized spacial score (nSPS) is 10.2. The molecule has 0 aromatic carbocycles. The van der Waals surface area contributed by atoms with Gasteiger partial charge in [0, 0.05) is 31.9 Å². The number of aromatic nitrogens is 2. The van der Waals surface area contributed by atoms with Gasteiger partial charge in [0.2, 0.25) is 0 Å². The minimum absolute atomic E-state index is 0.147. The Bertz CT molecular complexity index is 272. The number of nitrogens with zero attached hydrogens (tertiary/aromatic N) is 2. The van der Waals surface area contributed by atoms with Crippen molar-refractivity contribution < 1.29 is 9.53 Å². The summed E-state index contributed by atoms with van der Waals surface area (Å²) in [6.07, 6.45) is 6.77. The minimum Gasteiger partial charge on any atom is -0.469 e. The van der Waals surface area contributed by atoms with Gasteiger partial charge in [-0.1, -0.05) is 0 Å². The highest BCUT2D eigenvalue weighted by Gasteiger charge is 1.98. The van der Waals surface area contributed by atoms with Crippen LogP contribution in [0.15, 0.2) is 18.7 Å². The van der Waals surface area contributed by atoms with E-state index in [1.54, 1.807) is 12.5 Å². The molecule has 1 aromatic rings. The molecule has 0 atom stereocenters. The average Bonchev–Trinajstić information content (AvgIpc) is 2.75. The molecule has 0 aliphatic heterocycles. The minimum atomic E-state index is -0.147. The molecule has 5 nitrogen and oxygen atoms in total. The lowest BCUT2D eigenvalue weighted by atomic mass is 10.3. The van der Waals surface area contributed by atoms with Crippen molar-refractivity contribution in [3.05, 3.63) is 18.7 Å². The predicted molar refractivity (Wildman–Crippen MR) is 56.3 cm³/mol. The van der Waals surface area contributed by atoms with Crippen LogP contribution in [0, 0.1) is 0 Å². The van der Waals surface area contributed by atoms with Crippen LogP contribution in [-0.4, -0.2) is 35.7 Å². The van der Waals surface area contributed by atoms with Crippen LogP contribution in [0.3, 0.4) is 0 Å². The Labute approximate surface area is 89.4 Å². The summed E-state index contributed by atoms with van der Waals surface area (Å²) in [4.78, 5) is 14.7. The van der Waals surface area contributed by atoms with Gasteiger partial charge in [-0.3, -0.25) is 4.79 Å². The maximum Gasteiger partial charge on any atom is 0.305 e. The molecular weight excluding hydrogens is 194 g/mol. The van der Waals surface area contributed by atoms with Gasteiger partial charge in [0.25, 0.3) is 0 Å². The molecule has 0 amide bonds. The lowest BCUT2D eigenvalue weighted by Gasteiger charge is -2.04. The molecule has 84 valence electrons. The zero-order valence-corrected chi connectivity index (χ0v) is 8.98. The Morgan fingerprint density at radius 3 is 3.07 bits per heavy atom. The fraction of sp³-hybridized carbons (Fsp3) is 0.600. The lowest BCUT2D eigenvalue weighted by molar-refractivity contribution is -0.140. The number of imidazole rings is 1. The third-order valence-corrected chi connectivity index (χ3v) is 2.07. The second-order valence-corrected chi connectivity index (χ2v) is 3.23. The third kappa shape index (κ3) is 5.17. The van der Waals surface area contributed by atoms with Crippen LogP contribution in [0.1, 0.15) is 12.8 Å². The van der Waals surface area contributed by atoms with Crippen LogP contribution in [0.25, 0.3) is 0 Å². The van der Waals surface area contributed by atoms with Gasteiger partial charge in [-0.05, 0) is 13.0 Å². The molecular formula is C10H17N3O2. The summed E-state index contributed by atoms with van der Waals surface area (Å²) in [6.45, 7) is 2.62. The summed E-state index contributed by atoms with van der Waals surface area (Å²) < 4.78 is 6.54. The van der Waals surface area contributed by atoms with Crippen LogP contribution in [0.4, 0.5) is 0 Å². The number of hydrogen-bond acceptors (Lipinski definition) is 4. The molecule has 0 spiro atoms. The van der Waals surface area contributed by atoms with Gasteiger partial charge in [-0.15, -0.1) is 0 Å².